The van der Waals surface area contributed by atoms with Crippen LogP contribution in [0.5, 0.6) is 0 Å². The average molecular weight is 372 g/mol. The van der Waals surface area contributed by atoms with Gasteiger partial charge in [0, 0.05) is 0 Å². The molecule has 0 aromatic carbocycles. The zero-order chi connectivity index (χ0) is 19.3. The van der Waals surface area contributed by atoms with Gasteiger partial charge in [-0.2, -0.15) is 0 Å². The molecule has 8 N–H and O–H groups in total. The van der Waals surface area contributed by atoms with E-state index in [1.54, 1.807) is 0 Å². The van der Waals surface area contributed by atoms with E-state index in [1.165, 1.54) is 0 Å². The Bertz CT molecular complexity index is 393. The highest BCUT2D eigenvalue weighted by Gasteiger charge is 2.50. The average Bonchev–Trinajstić information content (AvgIpc) is 2.63. The quantitative estimate of drug-likeness (QED) is 0.232. The Morgan fingerprint density at radius 2 is 1.28 bits per heavy atom. The number of hydrogen-bond acceptors (Lipinski definition) is 12. The molecule has 0 radical (unpaired) electrons. The summed E-state index contributed by atoms with van der Waals surface area (Å²) in [5.74, 6) is 0. The van der Waals surface area contributed by atoms with Gasteiger partial charge in [0.25, 0.3) is 0 Å². The fourth-order valence-corrected chi connectivity index (χ4v) is 2.57. The maximum absolute atomic E-state index is 9.94. The molecule has 25 heavy (non-hydrogen) atoms. The molecule has 0 bridgehead atoms. The van der Waals surface area contributed by atoms with Crippen LogP contribution in [-0.4, -0.2) is 122 Å². The first-order chi connectivity index (χ1) is 11.8. The lowest BCUT2D eigenvalue weighted by atomic mass is 9.97. The topological polar surface area (TPSA) is 207 Å². The SMILES string of the molecule is C=O.OC[C@H]1O[C@@H](O[C@H]2[C@H](O)[C@@H](O)C(O)O[C@@H]2CO)[C@H](O)[C@@H](O)[C@H]1O. The highest BCUT2D eigenvalue weighted by atomic mass is 16.7. The summed E-state index contributed by atoms with van der Waals surface area (Å²) in [6.45, 7) is 0.655. The van der Waals surface area contributed by atoms with Crippen molar-refractivity contribution in [1.82, 2.24) is 0 Å². The first kappa shape index (κ1) is 22.3. The van der Waals surface area contributed by atoms with Gasteiger partial charge in [-0.25, -0.2) is 0 Å². The third-order valence-electron chi connectivity index (χ3n) is 3.98. The van der Waals surface area contributed by atoms with Gasteiger partial charge in [0.2, 0.25) is 0 Å². The second-order valence-electron chi connectivity index (χ2n) is 5.53. The Hall–Kier alpha value is -0.770. The van der Waals surface area contributed by atoms with E-state index in [4.69, 9.17) is 24.1 Å². The molecule has 2 aliphatic rings. The Balaban J connectivity index is 0.00000151. The molecular weight excluding hydrogens is 348 g/mol. The Kier molecular flexibility index (Phi) is 8.73. The lowest BCUT2D eigenvalue weighted by Crippen LogP contribution is -2.64. The second kappa shape index (κ2) is 9.80. The molecule has 2 rings (SSSR count). The number of aliphatic hydroxyl groups excluding tert-OH is 8. The number of ether oxygens (including phenoxy) is 3. The molecule has 0 aromatic rings. The Morgan fingerprint density at radius 1 is 0.720 bits per heavy atom. The maximum atomic E-state index is 9.94. The minimum Gasteiger partial charge on any atom is -0.394 e. The van der Waals surface area contributed by atoms with Gasteiger partial charge in [-0.15, -0.1) is 0 Å². The van der Waals surface area contributed by atoms with Crippen molar-refractivity contribution in [3.8, 4) is 0 Å². The first-order valence-electron chi connectivity index (χ1n) is 7.37. The van der Waals surface area contributed by atoms with Crippen LogP contribution in [-0.2, 0) is 19.0 Å². The molecule has 0 aliphatic carbocycles. The van der Waals surface area contributed by atoms with E-state index in [-0.39, 0.29) is 0 Å². The smallest absolute Gasteiger partial charge is 0.187 e. The molecule has 0 amide bonds. The van der Waals surface area contributed by atoms with E-state index in [2.05, 4.69) is 0 Å². The highest BCUT2D eigenvalue weighted by Crippen LogP contribution is 2.28. The molecule has 12 heteroatoms. The summed E-state index contributed by atoms with van der Waals surface area (Å²) < 4.78 is 15.3. The van der Waals surface area contributed by atoms with Crippen LogP contribution in [0.1, 0.15) is 0 Å². The van der Waals surface area contributed by atoms with Crippen LogP contribution in [0.2, 0.25) is 0 Å². The maximum Gasteiger partial charge on any atom is 0.187 e. The van der Waals surface area contributed by atoms with E-state index >= 15 is 0 Å². The van der Waals surface area contributed by atoms with Gasteiger partial charge in [0.15, 0.2) is 12.6 Å². The third kappa shape index (κ3) is 4.69. The van der Waals surface area contributed by atoms with Gasteiger partial charge in [-0.1, -0.05) is 0 Å². The monoisotopic (exact) mass is 372 g/mol. The largest absolute Gasteiger partial charge is 0.394 e. The van der Waals surface area contributed by atoms with Crippen molar-refractivity contribution in [2.24, 2.45) is 0 Å². The molecule has 2 fully saturated rings. The molecule has 10 atom stereocenters. The summed E-state index contributed by atoms with van der Waals surface area (Å²) in [6, 6.07) is 0. The molecule has 12 nitrogen and oxygen atoms in total. The minimum absolute atomic E-state index is 0.667. The second-order valence-corrected chi connectivity index (χ2v) is 5.53. The predicted octanol–water partition coefficient (Wildman–Crippen LogP) is -5.58. The van der Waals surface area contributed by atoms with Crippen LogP contribution >= 0.6 is 0 Å². The summed E-state index contributed by atoms with van der Waals surface area (Å²) >= 11 is 0. The summed E-state index contributed by atoms with van der Waals surface area (Å²) in [4.78, 5) is 8.00. The van der Waals surface area contributed by atoms with Gasteiger partial charge in [-0.3, -0.25) is 0 Å². The molecule has 2 saturated heterocycles. The van der Waals surface area contributed by atoms with Crippen molar-refractivity contribution in [3.05, 3.63) is 0 Å². The number of carbonyl (C=O) groups excluding carboxylic acids is 1. The van der Waals surface area contributed by atoms with Gasteiger partial charge in [0.05, 0.1) is 13.2 Å². The standard InChI is InChI=1S/C12H22O11.CH2O/c13-1-3-5(15)6(16)9(19)12(22-3)23-10-4(2-14)21-11(20)8(18)7(10)17;1-2/h3-20H,1-2H2;1H2/t3-,4-,5+,6+,7-,8-,9-,10-,11?,12+;/m1./s1. The van der Waals surface area contributed by atoms with Gasteiger partial charge < -0.3 is 59.9 Å². The summed E-state index contributed by atoms with van der Waals surface area (Å²) in [5, 5.41) is 76.5. The zero-order valence-corrected chi connectivity index (χ0v) is 13.1. The first-order valence-corrected chi connectivity index (χ1v) is 7.37. The lowest BCUT2D eigenvalue weighted by Gasteiger charge is -2.45. The molecule has 0 aromatic heterocycles. The van der Waals surface area contributed by atoms with Crippen LogP contribution < -0.4 is 0 Å². The van der Waals surface area contributed by atoms with Gasteiger partial charge in [0.1, 0.15) is 55.6 Å². The Labute approximate surface area is 142 Å². The van der Waals surface area contributed by atoms with Gasteiger partial charge in [-0.05, 0) is 0 Å². The molecular formula is C13H24O12. The normalized spacial score (nSPS) is 47.7. The third-order valence-corrected chi connectivity index (χ3v) is 3.98. The van der Waals surface area contributed by atoms with Crippen molar-refractivity contribution < 1.29 is 59.9 Å². The predicted molar refractivity (Wildman–Crippen MR) is 75.7 cm³/mol. The van der Waals surface area contributed by atoms with Crippen LogP contribution in [0.25, 0.3) is 0 Å². The van der Waals surface area contributed by atoms with Crippen molar-refractivity contribution in [1.29, 1.82) is 0 Å². The molecule has 0 spiro atoms. The van der Waals surface area contributed by atoms with Crippen LogP contribution in [0.3, 0.4) is 0 Å². The molecule has 148 valence electrons. The Morgan fingerprint density at radius 3 is 1.80 bits per heavy atom. The van der Waals surface area contributed by atoms with E-state index < -0.39 is 74.6 Å². The molecule has 2 aliphatic heterocycles. The van der Waals surface area contributed by atoms with Crippen molar-refractivity contribution in [2.45, 2.75) is 61.4 Å². The molecule has 1 unspecified atom stereocenters. The minimum atomic E-state index is -1.74. The van der Waals surface area contributed by atoms with Crippen LogP contribution in [0.15, 0.2) is 0 Å². The number of hydrogen-bond donors (Lipinski definition) is 8. The van der Waals surface area contributed by atoms with Gasteiger partial charge >= 0.3 is 0 Å². The number of rotatable bonds is 4. The zero-order valence-electron chi connectivity index (χ0n) is 13.1. The highest BCUT2D eigenvalue weighted by molar-refractivity contribution is 5.11. The van der Waals surface area contributed by atoms with E-state index in [0.717, 1.165) is 0 Å². The molecule has 0 saturated carbocycles. The number of aliphatic hydroxyl groups is 8. The van der Waals surface area contributed by atoms with E-state index in [0.29, 0.717) is 0 Å². The molecule has 2 heterocycles. The van der Waals surface area contributed by atoms with Crippen LogP contribution in [0.4, 0.5) is 0 Å². The fraction of sp³-hybridized carbons (Fsp3) is 0.923. The summed E-state index contributed by atoms with van der Waals surface area (Å²) in [7, 11) is 0. The number of carbonyl (C=O) groups is 1. The summed E-state index contributed by atoms with van der Waals surface area (Å²) in [6.07, 6.45) is -15.6. The fourth-order valence-electron chi connectivity index (χ4n) is 2.57. The lowest BCUT2D eigenvalue weighted by molar-refractivity contribution is -0.355. The van der Waals surface area contributed by atoms with E-state index in [1.807, 2.05) is 6.79 Å². The van der Waals surface area contributed by atoms with Crippen molar-refractivity contribution >= 4 is 6.79 Å². The van der Waals surface area contributed by atoms with E-state index in [9.17, 15) is 35.7 Å². The summed E-state index contributed by atoms with van der Waals surface area (Å²) in [5.41, 5.74) is 0. The van der Waals surface area contributed by atoms with Crippen LogP contribution in [0, 0.1) is 0 Å². The van der Waals surface area contributed by atoms with Crippen molar-refractivity contribution in [2.75, 3.05) is 13.2 Å². The van der Waals surface area contributed by atoms with Crippen molar-refractivity contribution in [3.63, 3.8) is 0 Å².